The molecule has 1 aromatic rings. The van der Waals surface area contributed by atoms with Gasteiger partial charge < -0.3 is 0 Å². The molecule has 0 atom stereocenters. The molecule has 0 saturated heterocycles. The maximum atomic E-state index is 8.94. The number of fused-ring (bicyclic) bond motifs is 1. The van der Waals surface area contributed by atoms with E-state index in [4.69, 9.17) is 8.33 Å². The first-order chi connectivity index (χ1) is 6.15. The fourth-order valence-electron chi connectivity index (χ4n) is 1.44. The van der Waals surface area contributed by atoms with Crippen molar-refractivity contribution >= 4 is 20.2 Å². The molecule has 0 aliphatic carbocycles. The molecule has 0 fully saturated rings. The second-order valence-corrected chi connectivity index (χ2v) is 6.91. The van der Waals surface area contributed by atoms with E-state index in [1.54, 1.807) is 0 Å². The molecule has 0 amide bonds. The predicted octanol–water partition coefficient (Wildman–Crippen LogP) is 3.02. The van der Waals surface area contributed by atoms with Crippen LogP contribution in [0, 0.1) is 12.9 Å². The standard InChI is InChI=1S/C10H10INO/c1-10(2)8-5-3-4-6-9(8)11(7-12)13-10/h3-6H,1-2H3. The van der Waals surface area contributed by atoms with Crippen molar-refractivity contribution in [2.45, 2.75) is 19.4 Å². The van der Waals surface area contributed by atoms with E-state index in [9.17, 15) is 0 Å². The van der Waals surface area contributed by atoms with Crippen molar-refractivity contribution in [3.05, 3.63) is 33.4 Å². The Morgan fingerprint density at radius 2 is 2.08 bits per heavy atom. The van der Waals surface area contributed by atoms with Crippen LogP contribution >= 0.6 is 20.2 Å². The van der Waals surface area contributed by atoms with E-state index in [2.05, 4.69) is 10.1 Å². The number of hydrogen-bond donors (Lipinski definition) is 0. The molecule has 0 bridgehead atoms. The van der Waals surface area contributed by atoms with Crippen molar-refractivity contribution < 1.29 is 3.07 Å². The van der Waals surface area contributed by atoms with E-state index in [1.165, 1.54) is 9.13 Å². The zero-order valence-corrected chi connectivity index (χ0v) is 9.70. The van der Waals surface area contributed by atoms with Crippen LogP contribution in [0.25, 0.3) is 0 Å². The summed E-state index contributed by atoms with van der Waals surface area (Å²) >= 11 is -1.95. The van der Waals surface area contributed by atoms with Crippen LogP contribution in [-0.2, 0) is 8.67 Å². The summed E-state index contributed by atoms with van der Waals surface area (Å²) in [5.74, 6) is 0. The summed E-state index contributed by atoms with van der Waals surface area (Å²) < 4.78 is 9.24. The van der Waals surface area contributed by atoms with Crippen LogP contribution in [-0.4, -0.2) is 0 Å². The van der Waals surface area contributed by atoms with E-state index >= 15 is 0 Å². The average molecular weight is 287 g/mol. The van der Waals surface area contributed by atoms with E-state index in [1.807, 2.05) is 32.0 Å². The molecule has 68 valence electrons. The second-order valence-electron chi connectivity index (χ2n) is 3.40. The Labute approximate surface area is 85.5 Å². The fourth-order valence-corrected chi connectivity index (χ4v) is 5.26. The number of nitrogens with zero attached hydrogens (tertiary/aromatic N) is 1. The molecule has 3 heteroatoms. The minimum atomic E-state index is -1.95. The van der Waals surface area contributed by atoms with Crippen LogP contribution in [0.4, 0.5) is 0 Å². The second kappa shape index (κ2) is 2.96. The minimum absolute atomic E-state index is 0.253. The Kier molecular flexibility index (Phi) is 2.05. The van der Waals surface area contributed by atoms with Crippen LogP contribution in [0.15, 0.2) is 24.3 Å². The van der Waals surface area contributed by atoms with Gasteiger partial charge in [-0.25, -0.2) is 0 Å². The number of benzene rings is 1. The monoisotopic (exact) mass is 287 g/mol. The first kappa shape index (κ1) is 8.97. The summed E-state index contributed by atoms with van der Waals surface area (Å²) in [6, 6.07) is 8.06. The van der Waals surface area contributed by atoms with Crippen molar-refractivity contribution in [2.75, 3.05) is 0 Å². The van der Waals surface area contributed by atoms with Gasteiger partial charge in [-0.05, 0) is 0 Å². The molecular formula is C10H10INO. The van der Waals surface area contributed by atoms with E-state index in [-0.39, 0.29) is 5.60 Å². The summed E-state index contributed by atoms with van der Waals surface area (Å²) in [6.07, 6.45) is 0. The third-order valence-corrected chi connectivity index (χ3v) is 6.03. The van der Waals surface area contributed by atoms with Crippen LogP contribution in [0.1, 0.15) is 19.4 Å². The summed E-state index contributed by atoms with van der Waals surface area (Å²) in [4.78, 5) is 0. The molecule has 13 heavy (non-hydrogen) atoms. The van der Waals surface area contributed by atoms with Gasteiger partial charge in [0.2, 0.25) is 0 Å². The molecule has 1 aliphatic heterocycles. The Bertz CT molecular complexity index is 381. The van der Waals surface area contributed by atoms with E-state index in [0.29, 0.717) is 0 Å². The molecular weight excluding hydrogens is 277 g/mol. The third kappa shape index (κ3) is 1.34. The van der Waals surface area contributed by atoms with Gasteiger partial charge in [0.15, 0.2) is 0 Å². The number of nitriles is 1. The van der Waals surface area contributed by atoms with Gasteiger partial charge in [0.25, 0.3) is 0 Å². The third-order valence-electron chi connectivity index (χ3n) is 2.05. The summed E-state index contributed by atoms with van der Waals surface area (Å²) in [5.41, 5.74) is 0.943. The molecule has 0 spiro atoms. The van der Waals surface area contributed by atoms with Gasteiger partial charge in [-0.15, -0.1) is 0 Å². The summed E-state index contributed by atoms with van der Waals surface area (Å²) in [5, 5.41) is 8.94. The SMILES string of the molecule is CC1(C)OI(C#N)c2ccccc21. The van der Waals surface area contributed by atoms with E-state index in [0.717, 1.165) is 0 Å². The Morgan fingerprint density at radius 3 is 2.77 bits per heavy atom. The molecule has 1 heterocycles. The van der Waals surface area contributed by atoms with Gasteiger partial charge in [0.1, 0.15) is 0 Å². The van der Waals surface area contributed by atoms with Crippen LogP contribution in [0.2, 0.25) is 0 Å². The Balaban J connectivity index is 2.58. The first-order valence-corrected chi connectivity index (χ1v) is 7.08. The summed E-state index contributed by atoms with van der Waals surface area (Å²) in [7, 11) is 0. The number of halogens is 1. The molecule has 0 saturated carbocycles. The molecule has 0 aromatic heterocycles. The molecule has 2 nitrogen and oxygen atoms in total. The van der Waals surface area contributed by atoms with Crippen molar-refractivity contribution in [3.63, 3.8) is 0 Å². The normalized spacial score (nSPS) is 20.8. The topological polar surface area (TPSA) is 33.0 Å². The van der Waals surface area contributed by atoms with Crippen molar-refractivity contribution in [1.29, 1.82) is 5.26 Å². The molecule has 1 aliphatic rings. The average Bonchev–Trinajstić information content (AvgIpc) is 2.39. The van der Waals surface area contributed by atoms with Crippen LogP contribution in [0.3, 0.4) is 0 Å². The van der Waals surface area contributed by atoms with E-state index < -0.39 is 20.2 Å². The molecule has 0 N–H and O–H groups in total. The van der Waals surface area contributed by atoms with Crippen LogP contribution < -0.4 is 0 Å². The number of hydrogen-bond acceptors (Lipinski definition) is 2. The Hall–Kier alpha value is -0.600. The van der Waals surface area contributed by atoms with Gasteiger partial charge in [-0.3, -0.25) is 0 Å². The molecule has 2 rings (SSSR count). The fraction of sp³-hybridized carbons (Fsp3) is 0.300. The Morgan fingerprint density at radius 1 is 1.38 bits per heavy atom. The predicted molar refractivity (Wildman–Crippen MR) is 58.9 cm³/mol. The van der Waals surface area contributed by atoms with Gasteiger partial charge >= 0.3 is 85.5 Å². The van der Waals surface area contributed by atoms with Crippen molar-refractivity contribution in [1.82, 2.24) is 0 Å². The number of rotatable bonds is 0. The van der Waals surface area contributed by atoms with Gasteiger partial charge in [-0.1, -0.05) is 0 Å². The van der Waals surface area contributed by atoms with Crippen molar-refractivity contribution in [3.8, 4) is 4.08 Å². The van der Waals surface area contributed by atoms with Crippen LogP contribution in [0.5, 0.6) is 0 Å². The quantitative estimate of drug-likeness (QED) is 0.687. The maximum absolute atomic E-state index is 8.94. The van der Waals surface area contributed by atoms with Gasteiger partial charge in [0.05, 0.1) is 0 Å². The molecule has 1 aromatic carbocycles. The zero-order chi connectivity index (χ0) is 9.47. The molecule has 0 radical (unpaired) electrons. The molecule has 0 unspecified atom stereocenters. The summed E-state index contributed by atoms with van der Waals surface area (Å²) in [6.45, 7) is 4.06. The zero-order valence-electron chi connectivity index (χ0n) is 7.54. The first-order valence-electron chi connectivity index (χ1n) is 4.04. The van der Waals surface area contributed by atoms with Crippen molar-refractivity contribution in [2.24, 2.45) is 0 Å². The van der Waals surface area contributed by atoms with Gasteiger partial charge in [0, 0.05) is 0 Å². The van der Waals surface area contributed by atoms with Gasteiger partial charge in [-0.2, -0.15) is 0 Å².